The van der Waals surface area contributed by atoms with E-state index < -0.39 is 20.8 Å². The molecule has 2 radical (unpaired) electrons. The molecular weight excluding hydrogens is 683 g/mol. The maximum absolute atomic E-state index is 4.93. The molecule has 0 atom stereocenters. The van der Waals surface area contributed by atoms with Crippen LogP contribution in [0.25, 0.3) is 43.8 Å². The molecule has 0 amide bonds. The van der Waals surface area contributed by atoms with E-state index in [1.165, 1.54) is 60.5 Å². The molecule has 7 aromatic carbocycles. The first-order chi connectivity index (χ1) is 21.9. The van der Waals surface area contributed by atoms with Crippen LogP contribution in [0.5, 0.6) is 0 Å². The summed E-state index contributed by atoms with van der Waals surface area (Å²) in [6.45, 7) is 10.7. The average molecular weight is 723 g/mol. The number of benzene rings is 5. The SMILES string of the molecule is C[Si]C.Cc1cc2c(-c3ccccc3)cccc2[cH-]1.Cc1cc2c(-c3ccccc3)cccc2[cH-]1.Cc1ccccc1.[Cl][Zr+2][Cl]. The molecule has 0 nitrogen and oxygen atoms in total. The fraction of sp³-hybridized carbons (Fsp3) is 0.122. The molecule has 7 rings (SSSR count). The van der Waals surface area contributed by atoms with E-state index in [9.17, 15) is 0 Å². The third kappa shape index (κ3) is 11.7. The van der Waals surface area contributed by atoms with Gasteiger partial charge in [0.05, 0.1) is 0 Å². The summed E-state index contributed by atoms with van der Waals surface area (Å²) in [5.41, 5.74) is 9.22. The molecule has 0 unspecified atom stereocenters. The summed E-state index contributed by atoms with van der Waals surface area (Å²) in [7, 11) is 11.0. The van der Waals surface area contributed by atoms with Crippen molar-refractivity contribution in [3.63, 3.8) is 0 Å². The van der Waals surface area contributed by atoms with Gasteiger partial charge in [-0.3, -0.25) is 0 Å². The van der Waals surface area contributed by atoms with Crippen LogP contribution in [0.1, 0.15) is 16.7 Å². The van der Waals surface area contributed by atoms with Gasteiger partial charge in [0.15, 0.2) is 0 Å². The van der Waals surface area contributed by atoms with E-state index in [1.54, 1.807) is 0 Å². The molecule has 0 aliphatic heterocycles. The molecule has 7 aromatic rings. The van der Waals surface area contributed by atoms with Gasteiger partial charge in [-0.25, -0.2) is 0 Å². The van der Waals surface area contributed by atoms with E-state index in [0.717, 1.165) is 9.52 Å². The third-order valence-corrected chi connectivity index (χ3v) is 6.90. The topological polar surface area (TPSA) is 0 Å². The van der Waals surface area contributed by atoms with Gasteiger partial charge >= 0.3 is 37.9 Å². The average Bonchev–Trinajstić information content (AvgIpc) is 3.64. The van der Waals surface area contributed by atoms with Gasteiger partial charge in [0.1, 0.15) is 0 Å². The summed E-state index contributed by atoms with van der Waals surface area (Å²) >= 11 is -0.826. The Kier molecular flexibility index (Phi) is 16.4. The Morgan fingerprint density at radius 1 is 0.489 bits per heavy atom. The maximum atomic E-state index is 4.93. The number of hydrogen-bond donors (Lipinski definition) is 0. The van der Waals surface area contributed by atoms with Crippen LogP contribution in [-0.4, -0.2) is 9.52 Å². The number of halogens is 2. The zero-order chi connectivity index (χ0) is 32.4. The minimum atomic E-state index is -0.826. The number of rotatable bonds is 2. The van der Waals surface area contributed by atoms with E-state index in [4.69, 9.17) is 17.0 Å². The molecule has 45 heavy (non-hydrogen) atoms. The van der Waals surface area contributed by atoms with Gasteiger partial charge in [0, 0.05) is 9.52 Å². The summed E-state index contributed by atoms with van der Waals surface area (Å²) in [5, 5.41) is 5.37. The molecule has 0 aliphatic rings. The molecule has 0 saturated carbocycles. The van der Waals surface area contributed by atoms with Crippen molar-refractivity contribution in [2.75, 3.05) is 0 Å². The van der Waals surface area contributed by atoms with E-state index in [2.05, 4.69) is 167 Å². The number of aryl methyl sites for hydroxylation is 3. The minimum absolute atomic E-state index is 0.826. The second-order valence-electron chi connectivity index (χ2n) is 10.6. The van der Waals surface area contributed by atoms with Crippen LogP contribution < -0.4 is 0 Å². The predicted octanol–water partition coefficient (Wildman–Crippen LogP) is 13.2. The van der Waals surface area contributed by atoms with Crippen LogP contribution in [0.2, 0.25) is 13.1 Å². The fourth-order valence-electron chi connectivity index (χ4n) is 5.04. The van der Waals surface area contributed by atoms with Gasteiger partial charge in [-0.1, -0.05) is 147 Å². The van der Waals surface area contributed by atoms with Crippen LogP contribution in [0.4, 0.5) is 0 Å². The molecule has 0 aliphatic carbocycles. The van der Waals surface area contributed by atoms with E-state index in [1.807, 2.05) is 18.2 Å². The Morgan fingerprint density at radius 3 is 1.13 bits per heavy atom. The van der Waals surface area contributed by atoms with Crippen molar-refractivity contribution in [1.29, 1.82) is 0 Å². The van der Waals surface area contributed by atoms with E-state index in [-0.39, 0.29) is 0 Å². The molecule has 0 fully saturated rings. The Morgan fingerprint density at radius 2 is 0.822 bits per heavy atom. The molecule has 0 heterocycles. The van der Waals surface area contributed by atoms with Crippen LogP contribution in [0.3, 0.4) is 0 Å². The standard InChI is InChI=1S/2C16H13.C7H8.C2H6Si.2ClH.Zr/c2*1-12-10-14-8-5-9-15(16(14)11-12)13-6-3-2-4-7-13;1-7-5-3-2-4-6-7;1-3-2;;;/h2*2-11H,1H3;2-6H,1H3;1-2H3;2*1H;/q2*-1;;;;;+4/p-2. The molecule has 4 heteroatoms. The summed E-state index contributed by atoms with van der Waals surface area (Å²) in [5.74, 6) is 0. The first-order valence-corrected chi connectivity index (χ1v) is 23.2. The Labute approximate surface area is 291 Å². The van der Waals surface area contributed by atoms with Crippen LogP contribution >= 0.6 is 17.0 Å². The molecule has 0 spiro atoms. The van der Waals surface area contributed by atoms with Gasteiger partial charge in [0.25, 0.3) is 0 Å². The monoisotopic (exact) mass is 720 g/mol. The summed E-state index contributed by atoms with van der Waals surface area (Å²) in [6.07, 6.45) is 0. The Bertz CT molecular complexity index is 1690. The van der Waals surface area contributed by atoms with Crippen molar-refractivity contribution in [1.82, 2.24) is 0 Å². The molecule has 226 valence electrons. The van der Waals surface area contributed by atoms with Gasteiger partial charge in [0.2, 0.25) is 0 Å². The quantitative estimate of drug-likeness (QED) is 0.123. The van der Waals surface area contributed by atoms with Crippen molar-refractivity contribution in [3.8, 4) is 22.3 Å². The van der Waals surface area contributed by atoms with Gasteiger partial charge in [-0.05, 0) is 18.1 Å². The fourth-order valence-corrected chi connectivity index (χ4v) is 5.04. The second kappa shape index (κ2) is 20.2. The van der Waals surface area contributed by atoms with Crippen LogP contribution in [0, 0.1) is 20.8 Å². The second-order valence-corrected chi connectivity index (χ2v) is 15.4. The molecule has 0 saturated heterocycles. The molecule has 0 N–H and O–H groups in total. The first kappa shape index (κ1) is 36.5. The number of hydrogen-bond acceptors (Lipinski definition) is 0. The molecule has 0 bridgehead atoms. The van der Waals surface area contributed by atoms with Crippen molar-refractivity contribution in [3.05, 3.63) is 168 Å². The zero-order valence-electron chi connectivity index (χ0n) is 26.7. The van der Waals surface area contributed by atoms with E-state index in [0.29, 0.717) is 0 Å². The number of fused-ring (bicyclic) bond motifs is 2. The van der Waals surface area contributed by atoms with Crippen molar-refractivity contribution < 1.29 is 20.8 Å². The first-order valence-electron chi connectivity index (χ1n) is 14.9. The van der Waals surface area contributed by atoms with Gasteiger partial charge < -0.3 is 0 Å². The van der Waals surface area contributed by atoms with Gasteiger partial charge in [-0.2, -0.15) is 12.1 Å². The molecular formula is C41H40Cl2SiZr. The normalized spacial score (nSPS) is 9.67. The third-order valence-electron chi connectivity index (χ3n) is 6.90. The summed E-state index contributed by atoms with van der Waals surface area (Å²) < 4.78 is 0. The molecule has 0 aromatic heterocycles. The van der Waals surface area contributed by atoms with Crippen LogP contribution in [-0.2, 0) is 20.8 Å². The van der Waals surface area contributed by atoms with Crippen LogP contribution in [0.15, 0.2) is 152 Å². The van der Waals surface area contributed by atoms with Crippen molar-refractivity contribution in [2.24, 2.45) is 0 Å². The Balaban J connectivity index is 0.000000179. The predicted molar refractivity (Wildman–Crippen MR) is 200 cm³/mol. The van der Waals surface area contributed by atoms with Crippen molar-refractivity contribution in [2.45, 2.75) is 33.9 Å². The summed E-state index contributed by atoms with van der Waals surface area (Å²) in [6, 6.07) is 53.4. The summed E-state index contributed by atoms with van der Waals surface area (Å²) in [4.78, 5) is 0. The van der Waals surface area contributed by atoms with Crippen molar-refractivity contribution >= 4 is 48.1 Å². The van der Waals surface area contributed by atoms with E-state index >= 15 is 0 Å². The zero-order valence-corrected chi connectivity index (χ0v) is 31.7. The van der Waals surface area contributed by atoms with Gasteiger partial charge in [-0.15, -0.1) is 69.1 Å². The Hall–Kier alpha value is -3.00.